The molecule has 1 aliphatic rings. The second-order valence-corrected chi connectivity index (χ2v) is 7.16. The molecular weight excluding hydrogens is 414 g/mol. The minimum absolute atomic E-state index is 0.167. The van der Waals surface area contributed by atoms with E-state index in [0.29, 0.717) is 23.6 Å². The van der Waals surface area contributed by atoms with Crippen LogP contribution in [0.25, 0.3) is 0 Å². The number of nitrogens with one attached hydrogen (secondary N) is 1. The van der Waals surface area contributed by atoms with Crippen molar-refractivity contribution in [1.29, 1.82) is 0 Å². The molecule has 2 heterocycles. The molecule has 2 amide bonds. The zero-order valence-electron chi connectivity index (χ0n) is 14.8. The van der Waals surface area contributed by atoms with Gasteiger partial charge in [0.05, 0.1) is 6.54 Å². The zero-order valence-corrected chi connectivity index (χ0v) is 16.4. The number of amides is 2. The number of ether oxygens (including phenoxy) is 1. The standard InChI is InChI=1S/C18H18BrN5O3/c1-18(16(25)24(2)10-14(20)23-18)11-4-3-5-13(8-11)22-17(26)27-15-7-6-12(19)9-21-15/h3-9H,10H2,1-2H3,(H2,20,23)(H,22,26). The Bertz CT molecular complexity index is 915. The maximum Gasteiger partial charge on any atom is 0.418 e. The van der Waals surface area contributed by atoms with Crippen molar-refractivity contribution in [3.63, 3.8) is 0 Å². The number of nitrogens with zero attached hydrogens (tertiary/aromatic N) is 3. The molecular formula is C18H18BrN5O3. The van der Waals surface area contributed by atoms with Crippen molar-refractivity contribution in [2.24, 2.45) is 10.7 Å². The second-order valence-electron chi connectivity index (χ2n) is 6.25. The van der Waals surface area contributed by atoms with Crippen LogP contribution < -0.4 is 15.8 Å². The van der Waals surface area contributed by atoms with Crippen LogP contribution in [0.5, 0.6) is 5.88 Å². The van der Waals surface area contributed by atoms with Gasteiger partial charge in [0.25, 0.3) is 5.91 Å². The topological polar surface area (TPSA) is 110 Å². The summed E-state index contributed by atoms with van der Waals surface area (Å²) >= 11 is 3.26. The summed E-state index contributed by atoms with van der Waals surface area (Å²) in [7, 11) is 1.67. The molecule has 0 aliphatic carbocycles. The van der Waals surface area contributed by atoms with E-state index >= 15 is 0 Å². The molecule has 0 saturated heterocycles. The van der Waals surface area contributed by atoms with Gasteiger partial charge in [-0.2, -0.15) is 0 Å². The van der Waals surface area contributed by atoms with Gasteiger partial charge < -0.3 is 15.4 Å². The molecule has 0 saturated carbocycles. The van der Waals surface area contributed by atoms with E-state index in [-0.39, 0.29) is 11.8 Å². The summed E-state index contributed by atoms with van der Waals surface area (Å²) in [5.41, 5.74) is 5.80. The molecule has 1 atom stereocenters. The number of hydrogen-bond acceptors (Lipinski definition) is 6. The number of carbonyl (C=O) groups is 2. The number of likely N-dealkylation sites (N-methyl/N-ethyl adjacent to an activating group) is 1. The van der Waals surface area contributed by atoms with E-state index in [1.165, 1.54) is 11.1 Å². The number of carbonyl (C=O) groups excluding carboxylic acids is 2. The Morgan fingerprint density at radius 2 is 2.15 bits per heavy atom. The van der Waals surface area contributed by atoms with Crippen LogP contribution in [0.3, 0.4) is 0 Å². The number of halogens is 1. The lowest BCUT2D eigenvalue weighted by Crippen LogP contribution is -2.51. The van der Waals surface area contributed by atoms with Gasteiger partial charge in [0.15, 0.2) is 5.54 Å². The third kappa shape index (κ3) is 4.08. The quantitative estimate of drug-likeness (QED) is 0.775. The fraction of sp³-hybridized carbons (Fsp3) is 0.222. The van der Waals surface area contributed by atoms with Gasteiger partial charge in [0.1, 0.15) is 5.84 Å². The van der Waals surface area contributed by atoms with E-state index in [4.69, 9.17) is 10.5 Å². The van der Waals surface area contributed by atoms with E-state index < -0.39 is 11.6 Å². The summed E-state index contributed by atoms with van der Waals surface area (Å²) in [6.07, 6.45) is 0.833. The average Bonchev–Trinajstić information content (AvgIpc) is 2.62. The van der Waals surface area contributed by atoms with Crippen molar-refractivity contribution in [3.8, 4) is 5.88 Å². The summed E-state index contributed by atoms with van der Waals surface area (Å²) in [4.78, 5) is 34.6. The third-order valence-corrected chi connectivity index (χ3v) is 4.57. The highest BCUT2D eigenvalue weighted by atomic mass is 79.9. The first kappa shape index (κ1) is 18.8. The van der Waals surface area contributed by atoms with Gasteiger partial charge in [-0.25, -0.2) is 14.8 Å². The zero-order chi connectivity index (χ0) is 19.6. The Morgan fingerprint density at radius 1 is 1.37 bits per heavy atom. The molecule has 2 aromatic rings. The second kappa shape index (κ2) is 7.36. The normalized spacial score (nSPS) is 19.4. The maximum absolute atomic E-state index is 12.6. The molecule has 3 rings (SSSR count). The van der Waals surface area contributed by atoms with Crippen molar-refractivity contribution in [1.82, 2.24) is 9.88 Å². The lowest BCUT2D eigenvalue weighted by Gasteiger charge is -2.34. The summed E-state index contributed by atoms with van der Waals surface area (Å²) in [5, 5.41) is 2.62. The van der Waals surface area contributed by atoms with Crippen LogP contribution in [0.4, 0.5) is 10.5 Å². The lowest BCUT2D eigenvalue weighted by atomic mass is 9.89. The molecule has 0 spiro atoms. The predicted molar refractivity (Wildman–Crippen MR) is 105 cm³/mol. The largest absolute Gasteiger partial charge is 0.418 e. The number of hydrogen-bond donors (Lipinski definition) is 2. The number of pyridine rings is 1. The maximum atomic E-state index is 12.6. The molecule has 27 heavy (non-hydrogen) atoms. The van der Waals surface area contributed by atoms with Crippen LogP contribution >= 0.6 is 15.9 Å². The van der Waals surface area contributed by atoms with Crippen LogP contribution in [-0.2, 0) is 10.3 Å². The van der Waals surface area contributed by atoms with Gasteiger partial charge in [0.2, 0.25) is 5.88 Å². The van der Waals surface area contributed by atoms with Gasteiger partial charge in [0, 0.05) is 29.5 Å². The molecule has 1 unspecified atom stereocenters. The smallest absolute Gasteiger partial charge is 0.391 e. The molecule has 1 aromatic carbocycles. The first-order valence-corrected chi connectivity index (χ1v) is 8.88. The van der Waals surface area contributed by atoms with Gasteiger partial charge in [-0.3, -0.25) is 10.1 Å². The Labute approximate surface area is 164 Å². The van der Waals surface area contributed by atoms with E-state index in [2.05, 4.69) is 31.2 Å². The number of aromatic nitrogens is 1. The molecule has 0 radical (unpaired) electrons. The minimum atomic E-state index is -1.15. The van der Waals surface area contributed by atoms with Crippen molar-refractivity contribution in [3.05, 3.63) is 52.6 Å². The van der Waals surface area contributed by atoms with E-state index in [1.54, 1.807) is 50.4 Å². The van der Waals surface area contributed by atoms with Gasteiger partial charge in [-0.15, -0.1) is 0 Å². The van der Waals surface area contributed by atoms with E-state index in [0.717, 1.165) is 4.47 Å². The first-order valence-electron chi connectivity index (χ1n) is 8.08. The van der Waals surface area contributed by atoms with Crippen molar-refractivity contribution in [2.45, 2.75) is 12.5 Å². The lowest BCUT2D eigenvalue weighted by molar-refractivity contribution is -0.135. The number of benzene rings is 1. The Hall–Kier alpha value is -2.94. The summed E-state index contributed by atoms with van der Waals surface area (Å²) in [6.45, 7) is 1.99. The fourth-order valence-corrected chi connectivity index (χ4v) is 3.04. The number of aliphatic imine (C=N–C) groups is 1. The monoisotopic (exact) mass is 431 g/mol. The van der Waals surface area contributed by atoms with Crippen LogP contribution in [0.2, 0.25) is 0 Å². The van der Waals surface area contributed by atoms with Gasteiger partial charge in [-0.05, 0) is 46.6 Å². The fourth-order valence-electron chi connectivity index (χ4n) is 2.81. The highest BCUT2D eigenvalue weighted by Crippen LogP contribution is 2.31. The Balaban J connectivity index is 1.79. The van der Waals surface area contributed by atoms with Crippen molar-refractivity contribution < 1.29 is 14.3 Å². The number of amidine groups is 1. The summed E-state index contributed by atoms with van der Waals surface area (Å²) < 4.78 is 5.91. The van der Waals surface area contributed by atoms with Crippen LogP contribution in [-0.4, -0.2) is 41.3 Å². The molecule has 0 bridgehead atoms. The molecule has 140 valence electrons. The molecule has 3 N–H and O–H groups in total. The molecule has 8 nitrogen and oxygen atoms in total. The van der Waals surface area contributed by atoms with Crippen molar-refractivity contribution in [2.75, 3.05) is 18.9 Å². The molecule has 0 fully saturated rings. The molecule has 1 aromatic heterocycles. The number of nitrogens with two attached hydrogens (primary N) is 1. The summed E-state index contributed by atoms with van der Waals surface area (Å²) in [6, 6.07) is 10.1. The van der Waals surface area contributed by atoms with Gasteiger partial charge in [-0.1, -0.05) is 12.1 Å². The Morgan fingerprint density at radius 3 is 2.85 bits per heavy atom. The third-order valence-electron chi connectivity index (χ3n) is 4.10. The highest BCUT2D eigenvalue weighted by Gasteiger charge is 2.40. The van der Waals surface area contributed by atoms with Crippen LogP contribution in [0, 0.1) is 0 Å². The van der Waals surface area contributed by atoms with Crippen LogP contribution in [0.1, 0.15) is 12.5 Å². The number of anilines is 1. The Kier molecular flexibility index (Phi) is 5.13. The highest BCUT2D eigenvalue weighted by molar-refractivity contribution is 9.10. The van der Waals surface area contributed by atoms with E-state index in [1.807, 2.05) is 0 Å². The molecule has 1 aliphatic heterocycles. The van der Waals surface area contributed by atoms with Crippen LogP contribution in [0.15, 0.2) is 52.1 Å². The SMILES string of the molecule is CN1CC(N)=NC(C)(c2cccc(NC(=O)Oc3ccc(Br)cn3)c2)C1=O. The summed E-state index contributed by atoms with van der Waals surface area (Å²) in [5.74, 6) is 0.370. The number of rotatable bonds is 3. The minimum Gasteiger partial charge on any atom is -0.391 e. The molecule has 9 heteroatoms. The average molecular weight is 432 g/mol. The van der Waals surface area contributed by atoms with Crippen molar-refractivity contribution >= 4 is 39.5 Å². The van der Waals surface area contributed by atoms with Gasteiger partial charge >= 0.3 is 6.09 Å². The first-order chi connectivity index (χ1) is 12.8. The predicted octanol–water partition coefficient (Wildman–Crippen LogP) is 2.50. The van der Waals surface area contributed by atoms with E-state index in [9.17, 15) is 9.59 Å².